The van der Waals surface area contributed by atoms with Crippen LogP contribution in [0, 0.1) is 5.92 Å². The van der Waals surface area contributed by atoms with Gasteiger partial charge in [0, 0.05) is 24.6 Å². The maximum absolute atomic E-state index is 6.07. The molecule has 4 nitrogen and oxygen atoms in total. The lowest BCUT2D eigenvalue weighted by atomic mass is 9.88. The Hall–Kier alpha value is -1.26. The molecule has 21 heavy (non-hydrogen) atoms. The number of hydrogen-bond acceptors (Lipinski definition) is 4. The molecule has 0 aliphatic carbocycles. The predicted octanol–water partition coefficient (Wildman–Crippen LogP) is 3.17. The van der Waals surface area contributed by atoms with Gasteiger partial charge in [-0.05, 0) is 31.9 Å². The summed E-state index contributed by atoms with van der Waals surface area (Å²) in [5, 5.41) is 3.52. The molecule has 2 rings (SSSR count). The molecule has 1 aromatic rings. The van der Waals surface area contributed by atoms with E-state index in [2.05, 4.69) is 18.3 Å². The summed E-state index contributed by atoms with van der Waals surface area (Å²) in [6.07, 6.45) is 3.54. The van der Waals surface area contributed by atoms with Crippen molar-refractivity contribution in [2.45, 2.75) is 32.3 Å². The molecule has 0 bridgehead atoms. The molecule has 1 fully saturated rings. The van der Waals surface area contributed by atoms with Crippen LogP contribution in [0.25, 0.3) is 0 Å². The van der Waals surface area contributed by atoms with E-state index in [9.17, 15) is 0 Å². The molecule has 4 heteroatoms. The lowest BCUT2D eigenvalue weighted by molar-refractivity contribution is -0.0289. The maximum atomic E-state index is 6.07. The van der Waals surface area contributed by atoms with Gasteiger partial charge in [-0.2, -0.15) is 0 Å². The van der Waals surface area contributed by atoms with Crippen molar-refractivity contribution in [3.05, 3.63) is 23.8 Å². The van der Waals surface area contributed by atoms with Gasteiger partial charge in [-0.1, -0.05) is 19.1 Å². The molecule has 0 spiro atoms. The number of hydrogen-bond donors (Lipinski definition) is 1. The summed E-state index contributed by atoms with van der Waals surface area (Å²) in [6.45, 7) is 5.04. The van der Waals surface area contributed by atoms with Crippen LogP contribution in [0.15, 0.2) is 18.2 Å². The van der Waals surface area contributed by atoms with E-state index in [0.29, 0.717) is 5.92 Å². The Morgan fingerprint density at radius 1 is 1.29 bits per heavy atom. The number of methoxy groups -OCH3 is 2. The fourth-order valence-electron chi connectivity index (χ4n) is 3.00. The summed E-state index contributed by atoms with van der Waals surface area (Å²) in [6, 6.07) is 6.02. The third-order valence-corrected chi connectivity index (χ3v) is 4.02. The second-order valence-electron chi connectivity index (χ2n) is 5.48. The van der Waals surface area contributed by atoms with Gasteiger partial charge in [0.1, 0.15) is 0 Å². The van der Waals surface area contributed by atoms with Crippen LogP contribution in [0.3, 0.4) is 0 Å². The first kappa shape index (κ1) is 16.1. The van der Waals surface area contributed by atoms with Crippen molar-refractivity contribution in [3.63, 3.8) is 0 Å². The van der Waals surface area contributed by atoms with Gasteiger partial charge in [-0.15, -0.1) is 0 Å². The fourth-order valence-corrected chi connectivity index (χ4v) is 3.00. The predicted molar refractivity (Wildman–Crippen MR) is 84.1 cm³/mol. The number of ether oxygens (including phenoxy) is 3. The van der Waals surface area contributed by atoms with E-state index in [-0.39, 0.29) is 6.10 Å². The highest BCUT2D eigenvalue weighted by Crippen LogP contribution is 2.41. The fraction of sp³-hybridized carbons (Fsp3) is 0.647. The Balaban J connectivity index is 2.20. The molecule has 1 aromatic carbocycles. The number of benzene rings is 1. The van der Waals surface area contributed by atoms with Crippen LogP contribution in [-0.2, 0) is 4.74 Å². The van der Waals surface area contributed by atoms with E-state index < -0.39 is 0 Å². The topological polar surface area (TPSA) is 39.7 Å². The number of nitrogens with one attached hydrogen (secondary N) is 1. The van der Waals surface area contributed by atoms with E-state index in [1.165, 1.54) is 6.42 Å². The van der Waals surface area contributed by atoms with Crippen LogP contribution in [-0.4, -0.2) is 33.9 Å². The molecule has 2 unspecified atom stereocenters. The molecule has 1 N–H and O–H groups in total. The highest BCUT2D eigenvalue weighted by molar-refractivity contribution is 5.48. The molecule has 0 radical (unpaired) electrons. The van der Waals surface area contributed by atoms with Crippen LogP contribution in [0.5, 0.6) is 11.5 Å². The minimum absolute atomic E-state index is 0.0770. The highest BCUT2D eigenvalue weighted by Gasteiger charge is 2.30. The zero-order chi connectivity index (χ0) is 15.1. The van der Waals surface area contributed by atoms with Crippen molar-refractivity contribution < 1.29 is 14.2 Å². The Morgan fingerprint density at radius 2 is 2.14 bits per heavy atom. The summed E-state index contributed by atoms with van der Waals surface area (Å²) in [7, 11) is 3.36. The zero-order valence-corrected chi connectivity index (χ0v) is 13.4. The Kier molecular flexibility index (Phi) is 6.33. The second kappa shape index (κ2) is 8.25. The standard InChI is InChI=1S/C17H27NO3/c1-4-10-18-12-13-7-6-11-21-16(13)14-8-5-9-15(19-2)17(14)20-3/h5,8-9,13,16,18H,4,6-7,10-12H2,1-3H3. The minimum Gasteiger partial charge on any atom is -0.493 e. The molecule has 0 saturated carbocycles. The molecule has 1 aliphatic heterocycles. The van der Waals surface area contributed by atoms with Crippen LogP contribution >= 0.6 is 0 Å². The number of para-hydroxylation sites is 1. The third-order valence-electron chi connectivity index (χ3n) is 4.02. The quantitative estimate of drug-likeness (QED) is 0.784. The van der Waals surface area contributed by atoms with Crippen molar-refractivity contribution in [1.82, 2.24) is 5.32 Å². The van der Waals surface area contributed by atoms with E-state index in [0.717, 1.165) is 49.6 Å². The van der Waals surface area contributed by atoms with Gasteiger partial charge in [0.15, 0.2) is 11.5 Å². The molecule has 0 aromatic heterocycles. The van der Waals surface area contributed by atoms with Crippen LogP contribution in [0.1, 0.15) is 37.9 Å². The number of rotatable bonds is 7. The average molecular weight is 293 g/mol. The highest BCUT2D eigenvalue weighted by atomic mass is 16.5. The Labute approximate surface area is 127 Å². The van der Waals surface area contributed by atoms with Gasteiger partial charge in [0.05, 0.1) is 20.3 Å². The molecule has 2 atom stereocenters. The Bertz CT molecular complexity index is 436. The molecule has 0 amide bonds. The smallest absolute Gasteiger partial charge is 0.166 e. The third kappa shape index (κ3) is 3.89. The lowest BCUT2D eigenvalue weighted by Gasteiger charge is -2.33. The average Bonchev–Trinajstić information content (AvgIpc) is 2.54. The van der Waals surface area contributed by atoms with Gasteiger partial charge in [0.2, 0.25) is 0 Å². The van der Waals surface area contributed by atoms with Gasteiger partial charge < -0.3 is 19.5 Å². The molecule has 1 heterocycles. The molecule has 118 valence electrons. The summed E-state index contributed by atoms with van der Waals surface area (Å²) < 4.78 is 17.0. The minimum atomic E-state index is 0.0770. The Morgan fingerprint density at radius 3 is 2.86 bits per heavy atom. The molecule has 1 saturated heterocycles. The van der Waals surface area contributed by atoms with Crippen LogP contribution in [0.2, 0.25) is 0 Å². The van der Waals surface area contributed by atoms with Crippen molar-refractivity contribution in [2.75, 3.05) is 33.9 Å². The van der Waals surface area contributed by atoms with Crippen molar-refractivity contribution in [1.29, 1.82) is 0 Å². The van der Waals surface area contributed by atoms with Gasteiger partial charge >= 0.3 is 0 Å². The van der Waals surface area contributed by atoms with E-state index in [1.807, 2.05) is 12.1 Å². The van der Waals surface area contributed by atoms with Crippen molar-refractivity contribution >= 4 is 0 Å². The van der Waals surface area contributed by atoms with Gasteiger partial charge in [0.25, 0.3) is 0 Å². The summed E-state index contributed by atoms with van der Waals surface area (Å²) in [5.74, 6) is 2.04. The van der Waals surface area contributed by atoms with Crippen LogP contribution < -0.4 is 14.8 Å². The lowest BCUT2D eigenvalue weighted by Crippen LogP contribution is -2.32. The monoisotopic (exact) mass is 293 g/mol. The first-order chi connectivity index (χ1) is 10.3. The largest absolute Gasteiger partial charge is 0.493 e. The molecular weight excluding hydrogens is 266 g/mol. The van der Waals surface area contributed by atoms with Gasteiger partial charge in [-0.25, -0.2) is 0 Å². The summed E-state index contributed by atoms with van der Waals surface area (Å²) in [4.78, 5) is 0. The normalized spacial score (nSPS) is 22.0. The first-order valence-corrected chi connectivity index (χ1v) is 7.85. The first-order valence-electron chi connectivity index (χ1n) is 7.85. The summed E-state index contributed by atoms with van der Waals surface area (Å²) >= 11 is 0. The SMILES string of the molecule is CCCNCC1CCCOC1c1cccc(OC)c1OC. The molecular formula is C17H27NO3. The van der Waals surface area contributed by atoms with E-state index in [4.69, 9.17) is 14.2 Å². The maximum Gasteiger partial charge on any atom is 0.166 e. The second-order valence-corrected chi connectivity index (χ2v) is 5.48. The van der Waals surface area contributed by atoms with Crippen molar-refractivity contribution in [2.24, 2.45) is 5.92 Å². The van der Waals surface area contributed by atoms with Crippen molar-refractivity contribution in [3.8, 4) is 11.5 Å². The zero-order valence-electron chi connectivity index (χ0n) is 13.4. The van der Waals surface area contributed by atoms with Crippen LogP contribution in [0.4, 0.5) is 0 Å². The van der Waals surface area contributed by atoms with Gasteiger partial charge in [-0.3, -0.25) is 0 Å². The summed E-state index contributed by atoms with van der Waals surface area (Å²) in [5.41, 5.74) is 1.10. The van der Waals surface area contributed by atoms with E-state index in [1.54, 1.807) is 14.2 Å². The van der Waals surface area contributed by atoms with E-state index >= 15 is 0 Å². The molecule has 1 aliphatic rings.